The standard InChI is InChI=1S/CHO8.H2O.3Zr/c2-1-4-6-8-9-7-5-3;;;;/h3H;1H2;;;/q-1;;;;. The monoisotopic (exact) mass is 429 g/mol. The summed E-state index contributed by atoms with van der Waals surface area (Å²) in [6, 6.07) is 0. The number of hydrogen-bond acceptors (Lipinski definition) is 8. The largest absolute Gasteiger partial charge is 0.495 e. The Kier molecular flexibility index (Phi) is 65.9. The summed E-state index contributed by atoms with van der Waals surface area (Å²) < 4.78 is 0. The van der Waals surface area contributed by atoms with E-state index in [1.165, 1.54) is 0 Å². The van der Waals surface area contributed by atoms with Gasteiger partial charge in [0.25, 0.3) is 0 Å². The molecule has 9 nitrogen and oxygen atoms in total. The SMILES string of the molecule is O.O=[C-]OOOOOOO.[Zr].[Zr].[Zr]. The molecule has 0 aromatic carbocycles. The van der Waals surface area contributed by atoms with Gasteiger partial charge in [-0.15, -0.1) is 0 Å². The zero-order valence-corrected chi connectivity index (χ0v) is 13.2. The van der Waals surface area contributed by atoms with Gasteiger partial charge in [0, 0.05) is 88.7 Å². The van der Waals surface area contributed by atoms with E-state index in [1.807, 2.05) is 0 Å². The molecular weight excluding hydrogens is 430 g/mol. The first-order chi connectivity index (χ1) is 4.41. The van der Waals surface area contributed by atoms with Gasteiger partial charge in [-0.1, -0.05) is 0 Å². The minimum atomic E-state index is 0. The average Bonchev–Trinajstić information content (AvgIpc) is 1.89. The van der Waals surface area contributed by atoms with Gasteiger partial charge in [-0.2, -0.15) is 0 Å². The van der Waals surface area contributed by atoms with Crippen LogP contribution in [-0.4, -0.2) is 17.2 Å². The van der Waals surface area contributed by atoms with Crippen molar-refractivity contribution in [3.05, 3.63) is 0 Å². The molecular formula is CH3O9Zr3-. The predicted molar refractivity (Wildman–Crippen MR) is 18.4 cm³/mol. The van der Waals surface area contributed by atoms with Crippen molar-refractivity contribution in [2.24, 2.45) is 0 Å². The molecule has 0 saturated carbocycles. The van der Waals surface area contributed by atoms with Crippen molar-refractivity contribution in [2.45, 2.75) is 0 Å². The molecule has 0 fully saturated rings. The average molecular weight is 433 g/mol. The molecule has 0 rings (SSSR count). The van der Waals surface area contributed by atoms with Gasteiger partial charge in [-0.05, 0) is 21.6 Å². The van der Waals surface area contributed by atoms with Crippen LogP contribution in [0.5, 0.6) is 0 Å². The van der Waals surface area contributed by atoms with Crippen molar-refractivity contribution in [1.29, 1.82) is 0 Å². The summed E-state index contributed by atoms with van der Waals surface area (Å²) in [5, 5.41) is 23.3. The van der Waals surface area contributed by atoms with Crippen LogP contribution in [0.25, 0.3) is 0 Å². The summed E-state index contributed by atoms with van der Waals surface area (Å²) in [6.45, 7) is 0.809. The van der Waals surface area contributed by atoms with Gasteiger partial charge in [0.15, 0.2) is 0 Å². The van der Waals surface area contributed by atoms with Gasteiger partial charge in [-0.3, -0.25) is 0 Å². The van der Waals surface area contributed by atoms with Crippen LogP contribution in [0.1, 0.15) is 0 Å². The number of hydrogen-bond donors (Lipinski definition) is 1. The molecule has 13 heavy (non-hydrogen) atoms. The van der Waals surface area contributed by atoms with Crippen molar-refractivity contribution >= 4 is 6.47 Å². The van der Waals surface area contributed by atoms with Crippen LogP contribution >= 0.6 is 0 Å². The number of rotatable bonds is 6. The van der Waals surface area contributed by atoms with Gasteiger partial charge >= 0.3 is 0 Å². The molecule has 0 heterocycles. The van der Waals surface area contributed by atoms with Gasteiger partial charge in [0.2, 0.25) is 0 Å². The minimum absolute atomic E-state index is 0. The van der Waals surface area contributed by atoms with E-state index in [0.29, 0.717) is 0 Å². The number of carbonyl (C=O) groups excluding carboxylic acids is 1. The minimum Gasteiger partial charge on any atom is -0.495 e. The third-order valence-corrected chi connectivity index (χ3v) is 0.182. The molecule has 0 aromatic heterocycles. The molecule has 0 aliphatic heterocycles. The molecule has 74 valence electrons. The third kappa shape index (κ3) is 31.6. The Labute approximate surface area is 129 Å². The third-order valence-electron chi connectivity index (χ3n) is 0.182. The van der Waals surface area contributed by atoms with E-state index in [0.717, 1.165) is 6.47 Å². The molecule has 0 bridgehead atoms. The first kappa shape index (κ1) is 29.4. The Bertz CT molecular complexity index is 69.9. The van der Waals surface area contributed by atoms with Crippen LogP contribution in [0.2, 0.25) is 0 Å². The Balaban J connectivity index is -0.0000000533. The molecule has 0 unspecified atom stereocenters. The Morgan fingerprint density at radius 3 is 1.77 bits per heavy atom. The Morgan fingerprint density at radius 2 is 1.38 bits per heavy atom. The van der Waals surface area contributed by atoms with Crippen LogP contribution in [0.3, 0.4) is 0 Å². The van der Waals surface area contributed by atoms with E-state index in [4.69, 9.17) is 10.1 Å². The first-order valence-electron chi connectivity index (χ1n) is 1.42. The summed E-state index contributed by atoms with van der Waals surface area (Å²) in [5.74, 6) is 0. The zero-order chi connectivity index (χ0) is 6.95. The van der Waals surface area contributed by atoms with Crippen molar-refractivity contribution in [3.8, 4) is 0 Å². The van der Waals surface area contributed by atoms with Crippen LogP contribution in [0.15, 0.2) is 0 Å². The molecule has 0 radical (unpaired) electrons. The molecule has 0 amide bonds. The molecule has 0 atom stereocenters. The topological polar surface area (TPSA) is 124 Å². The maximum atomic E-state index is 9.11. The summed E-state index contributed by atoms with van der Waals surface area (Å²) in [5.41, 5.74) is 0. The van der Waals surface area contributed by atoms with E-state index < -0.39 is 0 Å². The van der Waals surface area contributed by atoms with Gasteiger partial charge < -0.3 is 15.2 Å². The summed E-state index contributed by atoms with van der Waals surface area (Å²) in [6.07, 6.45) is 0. The molecule has 12 heteroatoms. The van der Waals surface area contributed by atoms with E-state index in [2.05, 4.69) is 30.1 Å². The van der Waals surface area contributed by atoms with E-state index in [9.17, 15) is 0 Å². The van der Waals surface area contributed by atoms with Gasteiger partial charge in [0.1, 0.15) is 0 Å². The van der Waals surface area contributed by atoms with Crippen molar-refractivity contribution in [2.75, 3.05) is 0 Å². The quantitative estimate of drug-likeness (QED) is 0.230. The molecule has 0 aliphatic rings. The van der Waals surface area contributed by atoms with Crippen LogP contribution in [0, 0.1) is 0 Å². The fourth-order valence-corrected chi connectivity index (χ4v) is 0.0629. The predicted octanol–water partition coefficient (Wildman–Crippen LogP) is -1.63. The fraction of sp³-hybridized carbons (Fsp3) is 0. The molecule has 0 aromatic rings. The maximum absolute atomic E-state index is 9.11. The molecule has 0 aliphatic carbocycles. The van der Waals surface area contributed by atoms with E-state index in [1.54, 1.807) is 0 Å². The second kappa shape index (κ2) is 29.2. The van der Waals surface area contributed by atoms with E-state index in [-0.39, 0.29) is 84.1 Å². The first-order valence-corrected chi connectivity index (χ1v) is 1.42. The molecule has 0 saturated heterocycles. The van der Waals surface area contributed by atoms with Crippen molar-refractivity contribution < 1.29 is 124 Å². The zero-order valence-electron chi connectivity index (χ0n) is 5.80. The maximum Gasteiger partial charge on any atom is 0.00486 e. The van der Waals surface area contributed by atoms with Gasteiger partial charge in [-0.25, -0.2) is 5.26 Å². The molecule has 3 N–H and O–H groups in total. The van der Waals surface area contributed by atoms with Crippen LogP contribution in [0.4, 0.5) is 0 Å². The van der Waals surface area contributed by atoms with Gasteiger partial charge in [0.05, 0.1) is 0 Å². The summed E-state index contributed by atoms with van der Waals surface area (Å²) in [7, 11) is 0. The Hall–Kier alpha value is 1.84. The van der Waals surface area contributed by atoms with Crippen molar-refractivity contribution in [3.63, 3.8) is 0 Å². The Morgan fingerprint density at radius 1 is 0.923 bits per heavy atom. The fourth-order valence-electron chi connectivity index (χ4n) is 0.0629. The normalized spacial score (nSPS) is 6.23. The summed E-state index contributed by atoms with van der Waals surface area (Å²) in [4.78, 5) is 12.4. The molecule has 0 spiro atoms. The van der Waals surface area contributed by atoms with E-state index >= 15 is 0 Å². The smallest absolute Gasteiger partial charge is 0.00486 e. The second-order valence-electron chi connectivity index (χ2n) is 0.513. The summed E-state index contributed by atoms with van der Waals surface area (Å²) >= 11 is 0. The van der Waals surface area contributed by atoms with Crippen LogP contribution in [-0.2, 0) is 113 Å². The van der Waals surface area contributed by atoms with Crippen molar-refractivity contribution in [1.82, 2.24) is 0 Å². The second-order valence-corrected chi connectivity index (χ2v) is 0.513. The van der Waals surface area contributed by atoms with Crippen LogP contribution < -0.4 is 0 Å².